The largest absolute Gasteiger partial charge is 0.390 e. The molecule has 1 spiro atoms. The highest BCUT2D eigenvalue weighted by Crippen LogP contribution is 2.52. The van der Waals surface area contributed by atoms with Gasteiger partial charge in [0, 0.05) is 36.6 Å². The minimum absolute atomic E-state index is 0.0521. The average molecular weight is 524 g/mol. The molecular formula is C24H26BrN7O2. The molecule has 9 nitrogen and oxygen atoms in total. The van der Waals surface area contributed by atoms with Gasteiger partial charge in [0.25, 0.3) is 0 Å². The number of aliphatic hydroxyl groups excluding tert-OH is 2. The zero-order chi connectivity index (χ0) is 23.6. The van der Waals surface area contributed by atoms with Crippen molar-refractivity contribution < 1.29 is 10.2 Å². The minimum atomic E-state index is -0.889. The maximum Gasteiger partial charge on any atom is 0.145 e. The van der Waals surface area contributed by atoms with Crippen molar-refractivity contribution in [2.24, 2.45) is 5.41 Å². The van der Waals surface area contributed by atoms with Crippen LogP contribution in [0.3, 0.4) is 0 Å². The van der Waals surface area contributed by atoms with Crippen molar-refractivity contribution in [1.29, 1.82) is 0 Å². The van der Waals surface area contributed by atoms with Gasteiger partial charge in [0.15, 0.2) is 0 Å². The number of aromatic nitrogens is 4. The van der Waals surface area contributed by atoms with Gasteiger partial charge in [-0.3, -0.25) is 0 Å². The second kappa shape index (κ2) is 7.88. The Morgan fingerprint density at radius 1 is 1.21 bits per heavy atom. The summed E-state index contributed by atoms with van der Waals surface area (Å²) < 4.78 is 2.76. The molecule has 1 aliphatic heterocycles. The fraction of sp³-hybridized carbons (Fsp3) is 0.375. The van der Waals surface area contributed by atoms with E-state index in [0.29, 0.717) is 18.8 Å². The number of hydrogen-bond donors (Lipinski definition) is 5. The van der Waals surface area contributed by atoms with Crippen molar-refractivity contribution in [3.8, 4) is 0 Å². The molecular weight excluding hydrogens is 498 g/mol. The lowest BCUT2D eigenvalue weighted by molar-refractivity contribution is -0.0218. The molecule has 6 rings (SSSR count). The van der Waals surface area contributed by atoms with Crippen LogP contribution >= 0.6 is 15.9 Å². The van der Waals surface area contributed by atoms with Crippen LogP contribution in [-0.4, -0.2) is 55.5 Å². The topological polar surface area (TPSA) is 134 Å². The molecule has 34 heavy (non-hydrogen) atoms. The molecule has 2 aliphatic rings. The molecule has 1 aliphatic carbocycles. The number of fused-ring (bicyclic) bond motifs is 2. The van der Waals surface area contributed by atoms with Crippen LogP contribution in [0.25, 0.3) is 21.9 Å². The second-order valence-corrected chi connectivity index (χ2v) is 10.3. The van der Waals surface area contributed by atoms with E-state index >= 15 is 0 Å². The molecule has 10 heteroatoms. The highest BCUT2D eigenvalue weighted by molar-refractivity contribution is 9.10. The molecule has 176 valence electrons. The lowest BCUT2D eigenvalue weighted by Gasteiger charge is -2.27. The van der Waals surface area contributed by atoms with Gasteiger partial charge in [0.1, 0.15) is 29.7 Å². The lowest BCUT2D eigenvalue weighted by atomic mass is 9.80. The highest BCUT2D eigenvalue weighted by atomic mass is 79.9. The molecule has 1 saturated carbocycles. The van der Waals surface area contributed by atoms with Gasteiger partial charge in [0.05, 0.1) is 27.5 Å². The summed E-state index contributed by atoms with van der Waals surface area (Å²) >= 11 is 3.43. The van der Waals surface area contributed by atoms with Gasteiger partial charge in [-0.2, -0.15) is 0 Å². The van der Waals surface area contributed by atoms with E-state index in [1.165, 1.54) is 6.33 Å². The van der Waals surface area contributed by atoms with Crippen molar-refractivity contribution in [2.75, 3.05) is 24.6 Å². The molecule has 0 bridgehead atoms. The van der Waals surface area contributed by atoms with Gasteiger partial charge in [-0.05, 0) is 52.5 Å². The number of hydrogen-bond acceptors (Lipinski definition) is 8. The van der Waals surface area contributed by atoms with Crippen LogP contribution in [0.15, 0.2) is 47.3 Å². The van der Waals surface area contributed by atoms with Gasteiger partial charge in [-0.15, -0.1) is 0 Å². The van der Waals surface area contributed by atoms with Gasteiger partial charge < -0.3 is 31.1 Å². The SMILES string of the molecule is CNc1ncnc2c1ccn2[C@@H]1C[C@@]2(CN[C@@H](c3ccc4cc(Br)c(N)nc4c3)C2)[C@@H](O)[C@H]1O. The van der Waals surface area contributed by atoms with Crippen molar-refractivity contribution in [3.63, 3.8) is 0 Å². The summed E-state index contributed by atoms with van der Waals surface area (Å²) in [4.78, 5) is 13.2. The fourth-order valence-corrected chi connectivity index (χ4v) is 6.15. The summed E-state index contributed by atoms with van der Waals surface area (Å²) in [6, 6.07) is 9.89. The van der Waals surface area contributed by atoms with E-state index in [9.17, 15) is 10.2 Å². The summed E-state index contributed by atoms with van der Waals surface area (Å²) in [6.07, 6.45) is 3.08. The van der Waals surface area contributed by atoms with E-state index < -0.39 is 17.6 Å². The monoisotopic (exact) mass is 523 g/mol. The predicted octanol–water partition coefficient (Wildman–Crippen LogP) is 2.75. The number of nitrogens with zero attached hydrogens (tertiary/aromatic N) is 4. The van der Waals surface area contributed by atoms with E-state index in [1.54, 1.807) is 0 Å². The van der Waals surface area contributed by atoms with Crippen molar-refractivity contribution >= 4 is 49.5 Å². The molecule has 0 radical (unpaired) electrons. The van der Waals surface area contributed by atoms with Crippen molar-refractivity contribution in [3.05, 3.63) is 52.9 Å². The highest BCUT2D eigenvalue weighted by Gasteiger charge is 2.56. The zero-order valence-corrected chi connectivity index (χ0v) is 20.2. The zero-order valence-electron chi connectivity index (χ0n) is 18.6. The third-order valence-electron chi connectivity index (χ3n) is 7.60. The van der Waals surface area contributed by atoms with Crippen LogP contribution in [0.4, 0.5) is 11.6 Å². The van der Waals surface area contributed by atoms with E-state index in [-0.39, 0.29) is 12.1 Å². The maximum atomic E-state index is 11.2. The van der Waals surface area contributed by atoms with Gasteiger partial charge in [0.2, 0.25) is 0 Å². The summed E-state index contributed by atoms with van der Waals surface area (Å²) in [5, 5.41) is 30.9. The first-order valence-corrected chi connectivity index (χ1v) is 12.1. The Morgan fingerprint density at radius 2 is 2.06 bits per heavy atom. The van der Waals surface area contributed by atoms with Crippen LogP contribution in [0.2, 0.25) is 0 Å². The number of nitrogens with two attached hydrogens (primary N) is 1. The standard InChI is InChI=1S/C24H26BrN7O2/c1-27-22-14-4-5-32(23(14)30-11-29-22)18-9-24(20(34)19(18)33)8-17(28-10-24)13-3-2-12-6-15(25)21(26)31-16(12)7-13/h2-7,11,17-20,28,33-34H,8-10H2,1H3,(H2,26,31)(H,27,29,30)/t17-,18-,19+,20+,24+/m1/s1. The van der Waals surface area contributed by atoms with Crippen LogP contribution in [0, 0.1) is 5.41 Å². The van der Waals surface area contributed by atoms with Gasteiger partial charge >= 0.3 is 0 Å². The maximum absolute atomic E-state index is 11.2. The molecule has 4 heterocycles. The molecule has 2 fully saturated rings. The molecule has 4 aromatic rings. The molecule has 0 amide bonds. The average Bonchev–Trinajstić information content (AvgIpc) is 3.53. The van der Waals surface area contributed by atoms with Crippen LogP contribution in [0.5, 0.6) is 0 Å². The van der Waals surface area contributed by atoms with Gasteiger partial charge in [-0.25, -0.2) is 15.0 Å². The lowest BCUT2D eigenvalue weighted by Crippen LogP contribution is -2.38. The Bertz CT molecular complexity index is 1410. The molecule has 3 aromatic heterocycles. The Balaban J connectivity index is 1.30. The number of anilines is 2. The molecule has 6 N–H and O–H groups in total. The van der Waals surface area contributed by atoms with Crippen molar-refractivity contribution in [1.82, 2.24) is 24.8 Å². The number of rotatable bonds is 3. The molecule has 0 unspecified atom stereocenters. The number of pyridine rings is 1. The number of benzene rings is 1. The predicted molar refractivity (Wildman–Crippen MR) is 134 cm³/mol. The van der Waals surface area contributed by atoms with Crippen molar-refractivity contribution in [2.45, 2.75) is 37.1 Å². The quantitative estimate of drug-likeness (QED) is 0.276. The Morgan fingerprint density at radius 3 is 2.88 bits per heavy atom. The molecule has 5 atom stereocenters. The van der Waals surface area contributed by atoms with E-state index in [4.69, 9.17) is 5.73 Å². The number of halogens is 1. The smallest absolute Gasteiger partial charge is 0.145 e. The summed E-state index contributed by atoms with van der Waals surface area (Å²) in [5.74, 6) is 1.20. The molecule has 1 saturated heterocycles. The van der Waals surface area contributed by atoms with E-state index in [1.807, 2.05) is 36.0 Å². The van der Waals surface area contributed by atoms with Crippen LogP contribution in [0.1, 0.15) is 30.5 Å². The minimum Gasteiger partial charge on any atom is -0.390 e. The second-order valence-electron chi connectivity index (χ2n) is 9.45. The number of aliphatic hydroxyl groups is 2. The summed E-state index contributed by atoms with van der Waals surface area (Å²) in [7, 11) is 1.82. The Labute approximate surface area is 204 Å². The molecule has 1 aromatic carbocycles. The number of nitrogen functional groups attached to an aromatic ring is 1. The fourth-order valence-electron chi connectivity index (χ4n) is 5.82. The summed E-state index contributed by atoms with van der Waals surface area (Å²) in [5.41, 5.74) is 8.23. The Hall–Kier alpha value is -2.79. The first-order valence-electron chi connectivity index (χ1n) is 11.3. The van der Waals surface area contributed by atoms with E-state index in [2.05, 4.69) is 53.6 Å². The first kappa shape index (κ1) is 21.7. The first-order chi connectivity index (χ1) is 16.4. The van der Waals surface area contributed by atoms with Crippen LogP contribution in [-0.2, 0) is 0 Å². The third-order valence-corrected chi connectivity index (χ3v) is 8.24. The third kappa shape index (κ3) is 3.20. The number of nitrogens with one attached hydrogen (secondary N) is 2. The van der Waals surface area contributed by atoms with E-state index in [0.717, 1.165) is 44.2 Å². The van der Waals surface area contributed by atoms with Crippen LogP contribution < -0.4 is 16.4 Å². The van der Waals surface area contributed by atoms with Gasteiger partial charge in [-0.1, -0.05) is 12.1 Å². The summed E-state index contributed by atoms with van der Waals surface area (Å²) in [6.45, 7) is 0.621. The normalized spacial score (nSPS) is 28.9. The Kier molecular flexibility index (Phi) is 5.03.